The predicted molar refractivity (Wildman–Crippen MR) is 301 cm³/mol. The first-order valence-corrected chi connectivity index (χ1v) is 31.1. The normalized spacial score (nSPS) is 12.7. The minimum absolute atomic E-state index is 0.0155. The second-order valence-electron chi connectivity index (χ2n) is 21.4. The second-order valence-corrected chi connectivity index (χ2v) is 21.4. The Balaban J connectivity index is 3.40. The van der Waals surface area contributed by atoms with Crippen LogP contribution in [0.1, 0.15) is 341 Å². The van der Waals surface area contributed by atoms with Crippen LogP contribution in [0.2, 0.25) is 0 Å². The van der Waals surface area contributed by atoms with Crippen molar-refractivity contribution in [2.24, 2.45) is 0 Å². The zero-order chi connectivity index (χ0) is 50.0. The lowest BCUT2D eigenvalue weighted by molar-refractivity contribution is -0.143. The number of ether oxygens (including phenoxy) is 1. The number of hydrogen-bond donors (Lipinski definition) is 3. The smallest absolute Gasteiger partial charge is 0.305 e. The SMILES string of the molecule is CCCCCCCCCCCCC/C=C/C(O)C(CO)NC(=O)CCCCCCCCCCC/C=C\CCCCCCCCCCCCCCOC(=O)CCCCCCCCCCCCCCCC. The van der Waals surface area contributed by atoms with Gasteiger partial charge in [-0.05, 0) is 57.8 Å². The molecule has 0 spiro atoms. The number of aliphatic hydroxyl groups excluding tert-OH is 2. The van der Waals surface area contributed by atoms with E-state index in [-0.39, 0.29) is 18.5 Å². The summed E-state index contributed by atoms with van der Waals surface area (Å²) >= 11 is 0. The van der Waals surface area contributed by atoms with Gasteiger partial charge in [0.2, 0.25) is 5.91 Å². The van der Waals surface area contributed by atoms with Gasteiger partial charge in [-0.15, -0.1) is 0 Å². The average Bonchev–Trinajstić information content (AvgIpc) is 3.35. The van der Waals surface area contributed by atoms with Gasteiger partial charge < -0.3 is 20.3 Å². The lowest BCUT2D eigenvalue weighted by atomic mass is 10.0. The lowest BCUT2D eigenvalue weighted by Gasteiger charge is -2.20. The van der Waals surface area contributed by atoms with Crippen LogP contribution in [-0.2, 0) is 14.3 Å². The third-order valence-electron chi connectivity index (χ3n) is 14.5. The molecule has 6 nitrogen and oxygen atoms in total. The average molecular weight is 973 g/mol. The summed E-state index contributed by atoms with van der Waals surface area (Å²) in [5.74, 6) is -0.0548. The number of aliphatic hydroxyl groups is 2. The molecule has 408 valence electrons. The third-order valence-corrected chi connectivity index (χ3v) is 14.5. The molecule has 0 rings (SSSR count). The van der Waals surface area contributed by atoms with E-state index in [9.17, 15) is 19.8 Å². The fourth-order valence-corrected chi connectivity index (χ4v) is 9.69. The van der Waals surface area contributed by atoms with Crippen LogP contribution in [0.5, 0.6) is 0 Å². The molecule has 1 amide bonds. The van der Waals surface area contributed by atoms with E-state index in [0.717, 1.165) is 38.5 Å². The number of allylic oxidation sites excluding steroid dienone is 3. The van der Waals surface area contributed by atoms with Gasteiger partial charge >= 0.3 is 5.97 Å². The third kappa shape index (κ3) is 55.5. The molecule has 0 radical (unpaired) electrons. The van der Waals surface area contributed by atoms with E-state index < -0.39 is 12.1 Å². The number of rotatable bonds is 58. The first-order valence-electron chi connectivity index (χ1n) is 31.1. The van der Waals surface area contributed by atoms with Gasteiger partial charge in [-0.3, -0.25) is 9.59 Å². The van der Waals surface area contributed by atoms with Gasteiger partial charge in [-0.25, -0.2) is 0 Å². The molecule has 0 aliphatic heterocycles. The number of esters is 1. The molecule has 69 heavy (non-hydrogen) atoms. The molecule has 0 aromatic carbocycles. The molecule has 0 saturated heterocycles. The van der Waals surface area contributed by atoms with Gasteiger partial charge in [-0.1, -0.05) is 295 Å². The Kier molecular flexibility index (Phi) is 57.5. The van der Waals surface area contributed by atoms with Crippen molar-refractivity contribution in [3.8, 4) is 0 Å². The summed E-state index contributed by atoms with van der Waals surface area (Å²) in [4.78, 5) is 24.5. The first-order chi connectivity index (χ1) is 34.0. The molecule has 0 saturated carbocycles. The Labute approximate surface area is 431 Å². The van der Waals surface area contributed by atoms with Crippen LogP contribution in [0.25, 0.3) is 0 Å². The van der Waals surface area contributed by atoms with Crippen molar-refractivity contribution in [1.29, 1.82) is 0 Å². The maximum Gasteiger partial charge on any atom is 0.305 e. The molecular formula is C63H121NO5. The molecule has 0 aromatic heterocycles. The summed E-state index contributed by atoms with van der Waals surface area (Å²) in [5, 5.41) is 23.1. The van der Waals surface area contributed by atoms with Crippen molar-refractivity contribution < 1.29 is 24.5 Å². The molecule has 0 bridgehead atoms. The van der Waals surface area contributed by atoms with Crippen molar-refractivity contribution in [3.63, 3.8) is 0 Å². The first kappa shape index (κ1) is 67.3. The van der Waals surface area contributed by atoms with Gasteiger partial charge in [0.05, 0.1) is 25.4 Å². The maximum atomic E-state index is 12.4. The number of carbonyl (C=O) groups excluding carboxylic acids is 2. The molecule has 2 unspecified atom stereocenters. The van der Waals surface area contributed by atoms with Crippen LogP contribution in [0.3, 0.4) is 0 Å². The number of amides is 1. The molecule has 0 aliphatic carbocycles. The van der Waals surface area contributed by atoms with Crippen LogP contribution >= 0.6 is 0 Å². The van der Waals surface area contributed by atoms with Crippen molar-refractivity contribution in [1.82, 2.24) is 5.32 Å². The molecule has 0 fully saturated rings. The van der Waals surface area contributed by atoms with Gasteiger partial charge in [0.15, 0.2) is 0 Å². The van der Waals surface area contributed by atoms with Crippen LogP contribution in [0, 0.1) is 0 Å². The van der Waals surface area contributed by atoms with E-state index >= 15 is 0 Å². The van der Waals surface area contributed by atoms with Crippen molar-refractivity contribution in [2.45, 2.75) is 353 Å². The van der Waals surface area contributed by atoms with Crippen LogP contribution in [0.4, 0.5) is 0 Å². The fraction of sp³-hybridized carbons (Fsp3) is 0.905. The molecule has 0 heterocycles. The highest BCUT2D eigenvalue weighted by Crippen LogP contribution is 2.17. The molecule has 0 aromatic rings. The number of carbonyl (C=O) groups is 2. The van der Waals surface area contributed by atoms with Gasteiger partial charge in [-0.2, -0.15) is 0 Å². The Morgan fingerprint density at radius 3 is 1.03 bits per heavy atom. The summed E-state index contributed by atoms with van der Waals surface area (Å²) in [5.41, 5.74) is 0. The van der Waals surface area contributed by atoms with E-state index in [1.54, 1.807) is 6.08 Å². The summed E-state index contributed by atoms with van der Waals surface area (Å²) in [7, 11) is 0. The van der Waals surface area contributed by atoms with E-state index in [4.69, 9.17) is 4.74 Å². The van der Waals surface area contributed by atoms with Crippen molar-refractivity contribution in [2.75, 3.05) is 13.2 Å². The lowest BCUT2D eigenvalue weighted by Crippen LogP contribution is -2.45. The number of nitrogens with one attached hydrogen (secondary N) is 1. The summed E-state index contributed by atoms with van der Waals surface area (Å²) < 4.78 is 5.49. The summed E-state index contributed by atoms with van der Waals surface area (Å²) in [6.07, 6.45) is 72.2. The zero-order valence-electron chi connectivity index (χ0n) is 46.6. The highest BCUT2D eigenvalue weighted by molar-refractivity contribution is 5.76. The number of hydrogen-bond acceptors (Lipinski definition) is 5. The van der Waals surface area contributed by atoms with E-state index in [1.165, 1.54) is 276 Å². The molecule has 6 heteroatoms. The van der Waals surface area contributed by atoms with Crippen molar-refractivity contribution >= 4 is 11.9 Å². The van der Waals surface area contributed by atoms with Crippen LogP contribution < -0.4 is 5.32 Å². The number of unbranched alkanes of at least 4 members (excludes halogenated alkanes) is 45. The zero-order valence-corrected chi connectivity index (χ0v) is 46.6. The fourth-order valence-electron chi connectivity index (χ4n) is 9.69. The molecule has 0 aliphatic rings. The van der Waals surface area contributed by atoms with Gasteiger partial charge in [0, 0.05) is 12.8 Å². The monoisotopic (exact) mass is 972 g/mol. The Morgan fingerprint density at radius 1 is 0.391 bits per heavy atom. The highest BCUT2D eigenvalue weighted by atomic mass is 16.5. The standard InChI is InChI=1S/C63H121NO5/c1-3-5-7-9-11-13-15-17-33-37-41-45-49-53-57-63(68)69-58-54-50-46-42-38-34-30-28-26-24-22-20-18-19-21-23-25-27-29-32-36-40-44-48-52-56-62(67)64-60(59-65)61(66)55-51-47-43-39-35-31-16-14-12-10-8-6-4-2/h19,21,51,55,60-61,65-66H,3-18,20,22-50,52-54,56-59H2,1-2H3,(H,64,67)/b21-19-,55-51+. The van der Waals surface area contributed by atoms with Gasteiger partial charge in [0.25, 0.3) is 0 Å². The summed E-state index contributed by atoms with van der Waals surface area (Å²) in [6, 6.07) is -0.629. The van der Waals surface area contributed by atoms with E-state index in [0.29, 0.717) is 19.4 Å². The highest BCUT2D eigenvalue weighted by Gasteiger charge is 2.18. The minimum Gasteiger partial charge on any atom is -0.466 e. The predicted octanol–water partition coefficient (Wildman–Crippen LogP) is 19.4. The van der Waals surface area contributed by atoms with Crippen LogP contribution in [0.15, 0.2) is 24.3 Å². The molecular weight excluding hydrogens is 851 g/mol. The van der Waals surface area contributed by atoms with Crippen molar-refractivity contribution in [3.05, 3.63) is 24.3 Å². The Morgan fingerprint density at radius 2 is 0.681 bits per heavy atom. The Bertz CT molecular complexity index is 1080. The minimum atomic E-state index is -0.845. The Hall–Kier alpha value is -1.66. The largest absolute Gasteiger partial charge is 0.466 e. The molecule has 2 atom stereocenters. The topological polar surface area (TPSA) is 95.9 Å². The second kappa shape index (κ2) is 58.9. The van der Waals surface area contributed by atoms with E-state index in [1.807, 2.05) is 6.08 Å². The maximum absolute atomic E-state index is 12.4. The molecule has 3 N–H and O–H groups in total. The van der Waals surface area contributed by atoms with Gasteiger partial charge in [0.1, 0.15) is 0 Å². The van der Waals surface area contributed by atoms with Crippen LogP contribution in [-0.4, -0.2) is 47.4 Å². The summed E-state index contributed by atoms with van der Waals surface area (Å²) in [6.45, 7) is 4.92. The quantitative estimate of drug-likeness (QED) is 0.0321. The van der Waals surface area contributed by atoms with E-state index in [2.05, 4.69) is 31.3 Å².